The molecular formula is C12H16BrNO2. The average molecular weight is 286 g/mol. The second-order valence-corrected chi connectivity index (χ2v) is 4.64. The minimum Gasteiger partial charge on any atom is -0.376 e. The van der Waals surface area contributed by atoms with Crippen molar-refractivity contribution in [3.8, 4) is 0 Å². The highest BCUT2D eigenvalue weighted by Crippen LogP contribution is 2.15. The van der Waals surface area contributed by atoms with E-state index in [1.54, 1.807) is 0 Å². The quantitative estimate of drug-likeness (QED) is 0.917. The molecule has 4 heteroatoms. The van der Waals surface area contributed by atoms with Crippen LogP contribution in [0.15, 0.2) is 28.7 Å². The van der Waals surface area contributed by atoms with Crippen LogP contribution in [0, 0.1) is 0 Å². The summed E-state index contributed by atoms with van der Waals surface area (Å²) in [5.41, 5.74) is 1.26. The Morgan fingerprint density at radius 2 is 2.19 bits per heavy atom. The Bertz CT molecular complexity index is 327. The Morgan fingerprint density at radius 1 is 1.31 bits per heavy atom. The number of hydrogen-bond donors (Lipinski definition) is 1. The molecule has 0 aromatic heterocycles. The zero-order valence-electron chi connectivity index (χ0n) is 9.12. The largest absolute Gasteiger partial charge is 0.376 e. The predicted molar refractivity (Wildman–Crippen MR) is 66.4 cm³/mol. The van der Waals surface area contributed by atoms with Gasteiger partial charge in [-0.15, -0.1) is 0 Å². The molecule has 0 aliphatic carbocycles. The molecule has 1 heterocycles. The molecule has 88 valence electrons. The van der Waals surface area contributed by atoms with Gasteiger partial charge >= 0.3 is 0 Å². The fourth-order valence-electron chi connectivity index (χ4n) is 1.66. The summed E-state index contributed by atoms with van der Waals surface area (Å²) in [6.45, 7) is 3.81. The molecule has 1 fully saturated rings. The maximum absolute atomic E-state index is 5.55. The zero-order chi connectivity index (χ0) is 11.2. The maximum Gasteiger partial charge on any atom is 0.0933 e. The van der Waals surface area contributed by atoms with E-state index in [-0.39, 0.29) is 6.10 Å². The predicted octanol–water partition coefficient (Wildman–Crippen LogP) is 1.95. The highest BCUT2D eigenvalue weighted by molar-refractivity contribution is 9.10. The van der Waals surface area contributed by atoms with E-state index in [1.165, 1.54) is 5.56 Å². The normalized spacial score (nSPS) is 20.9. The van der Waals surface area contributed by atoms with Crippen LogP contribution in [0.1, 0.15) is 5.56 Å². The number of hydrogen-bond acceptors (Lipinski definition) is 3. The van der Waals surface area contributed by atoms with Gasteiger partial charge in [-0.25, -0.2) is 0 Å². The van der Waals surface area contributed by atoms with Crippen molar-refractivity contribution < 1.29 is 9.47 Å². The Labute approximate surface area is 104 Å². The summed E-state index contributed by atoms with van der Waals surface area (Å²) in [5, 5.41) is 3.38. The summed E-state index contributed by atoms with van der Waals surface area (Å²) >= 11 is 3.53. The molecule has 1 aliphatic heterocycles. The minimum atomic E-state index is 0.191. The molecule has 1 aliphatic rings. The Kier molecular flexibility index (Phi) is 4.78. The fraction of sp³-hybridized carbons (Fsp3) is 0.500. The highest BCUT2D eigenvalue weighted by Gasteiger charge is 2.13. The summed E-state index contributed by atoms with van der Waals surface area (Å²) in [6.07, 6.45) is 0.191. The first-order valence-electron chi connectivity index (χ1n) is 5.50. The third kappa shape index (κ3) is 3.56. The van der Waals surface area contributed by atoms with E-state index in [0.29, 0.717) is 13.2 Å². The molecule has 1 unspecified atom stereocenters. The Hall–Kier alpha value is -0.420. The Morgan fingerprint density at radius 3 is 2.94 bits per heavy atom. The van der Waals surface area contributed by atoms with Crippen molar-refractivity contribution in [2.24, 2.45) is 0 Å². The number of rotatable bonds is 4. The monoisotopic (exact) mass is 285 g/mol. The van der Waals surface area contributed by atoms with Gasteiger partial charge < -0.3 is 14.8 Å². The molecule has 0 amide bonds. The molecule has 16 heavy (non-hydrogen) atoms. The molecule has 1 N–H and O–H groups in total. The van der Waals surface area contributed by atoms with Crippen LogP contribution >= 0.6 is 15.9 Å². The molecule has 1 aromatic carbocycles. The van der Waals surface area contributed by atoms with E-state index in [2.05, 4.69) is 33.4 Å². The van der Waals surface area contributed by atoms with Crippen molar-refractivity contribution in [2.75, 3.05) is 26.4 Å². The molecule has 1 aromatic rings. The van der Waals surface area contributed by atoms with E-state index >= 15 is 0 Å². The first kappa shape index (κ1) is 12.0. The molecule has 3 nitrogen and oxygen atoms in total. The van der Waals surface area contributed by atoms with Crippen LogP contribution in [0.3, 0.4) is 0 Å². The van der Waals surface area contributed by atoms with Crippen LogP contribution in [0.5, 0.6) is 0 Å². The van der Waals surface area contributed by atoms with E-state index in [1.807, 2.05) is 12.1 Å². The number of nitrogens with one attached hydrogen (secondary N) is 1. The lowest BCUT2D eigenvalue weighted by Gasteiger charge is -2.23. The molecule has 0 spiro atoms. The molecule has 1 atom stereocenters. The van der Waals surface area contributed by atoms with Crippen molar-refractivity contribution in [2.45, 2.75) is 12.6 Å². The molecule has 1 saturated heterocycles. The second kappa shape index (κ2) is 6.35. The molecular weight excluding hydrogens is 270 g/mol. The summed E-state index contributed by atoms with van der Waals surface area (Å²) < 4.78 is 12.0. The van der Waals surface area contributed by atoms with E-state index < -0.39 is 0 Å². The smallest absolute Gasteiger partial charge is 0.0933 e. The standard InChI is InChI=1S/C12H16BrNO2/c13-12-4-2-1-3-10(12)7-14-8-11-9-15-5-6-16-11/h1-4,11,14H,5-9H2. The molecule has 2 rings (SSSR count). The lowest BCUT2D eigenvalue weighted by Crippen LogP contribution is -2.37. The fourth-order valence-corrected chi connectivity index (χ4v) is 2.09. The van der Waals surface area contributed by atoms with Crippen LogP contribution in [0.4, 0.5) is 0 Å². The van der Waals surface area contributed by atoms with Crippen molar-refractivity contribution in [3.05, 3.63) is 34.3 Å². The highest BCUT2D eigenvalue weighted by atomic mass is 79.9. The first-order chi connectivity index (χ1) is 7.86. The van der Waals surface area contributed by atoms with Crippen LogP contribution in [0.2, 0.25) is 0 Å². The van der Waals surface area contributed by atoms with Gasteiger partial charge in [0.05, 0.1) is 25.9 Å². The van der Waals surface area contributed by atoms with Gasteiger partial charge in [-0.1, -0.05) is 34.1 Å². The summed E-state index contributed by atoms with van der Waals surface area (Å²) in [6, 6.07) is 8.22. The van der Waals surface area contributed by atoms with Crippen molar-refractivity contribution in [1.29, 1.82) is 0 Å². The average Bonchev–Trinajstić information content (AvgIpc) is 2.33. The van der Waals surface area contributed by atoms with Gasteiger partial charge in [-0.05, 0) is 11.6 Å². The molecule has 0 radical (unpaired) electrons. The zero-order valence-corrected chi connectivity index (χ0v) is 10.7. The SMILES string of the molecule is Brc1ccccc1CNCC1COCCO1. The summed E-state index contributed by atoms with van der Waals surface area (Å²) in [4.78, 5) is 0. The van der Waals surface area contributed by atoms with Crippen molar-refractivity contribution in [1.82, 2.24) is 5.32 Å². The van der Waals surface area contributed by atoms with Gasteiger partial charge in [0, 0.05) is 17.6 Å². The number of ether oxygens (including phenoxy) is 2. The van der Waals surface area contributed by atoms with Crippen LogP contribution < -0.4 is 5.32 Å². The van der Waals surface area contributed by atoms with E-state index in [9.17, 15) is 0 Å². The lowest BCUT2D eigenvalue weighted by atomic mass is 10.2. The third-order valence-corrected chi connectivity index (χ3v) is 3.30. The van der Waals surface area contributed by atoms with Crippen LogP contribution in [-0.4, -0.2) is 32.5 Å². The van der Waals surface area contributed by atoms with Gasteiger partial charge in [0.2, 0.25) is 0 Å². The minimum absolute atomic E-state index is 0.191. The second-order valence-electron chi connectivity index (χ2n) is 3.79. The van der Waals surface area contributed by atoms with E-state index in [4.69, 9.17) is 9.47 Å². The van der Waals surface area contributed by atoms with Gasteiger partial charge in [-0.2, -0.15) is 0 Å². The molecule has 0 bridgehead atoms. The van der Waals surface area contributed by atoms with Crippen molar-refractivity contribution >= 4 is 15.9 Å². The van der Waals surface area contributed by atoms with Crippen LogP contribution in [0.25, 0.3) is 0 Å². The summed E-state index contributed by atoms with van der Waals surface area (Å²) in [5.74, 6) is 0. The number of halogens is 1. The summed E-state index contributed by atoms with van der Waals surface area (Å²) in [7, 11) is 0. The van der Waals surface area contributed by atoms with Gasteiger partial charge in [0.1, 0.15) is 0 Å². The van der Waals surface area contributed by atoms with Crippen molar-refractivity contribution in [3.63, 3.8) is 0 Å². The first-order valence-corrected chi connectivity index (χ1v) is 6.29. The maximum atomic E-state index is 5.55. The topological polar surface area (TPSA) is 30.5 Å². The van der Waals surface area contributed by atoms with E-state index in [0.717, 1.165) is 24.2 Å². The van der Waals surface area contributed by atoms with Gasteiger partial charge in [0.15, 0.2) is 0 Å². The lowest BCUT2D eigenvalue weighted by molar-refractivity contribution is -0.0864. The Balaban J connectivity index is 1.73. The van der Waals surface area contributed by atoms with Crippen LogP contribution in [-0.2, 0) is 16.0 Å². The molecule has 0 saturated carbocycles. The van der Waals surface area contributed by atoms with Gasteiger partial charge in [0.25, 0.3) is 0 Å². The number of benzene rings is 1. The van der Waals surface area contributed by atoms with Gasteiger partial charge in [-0.3, -0.25) is 0 Å². The third-order valence-electron chi connectivity index (χ3n) is 2.53.